The number of hydrogen-bond donors (Lipinski definition) is 0. The van der Waals surface area contributed by atoms with Gasteiger partial charge in [-0.1, -0.05) is 48.0 Å². The van der Waals surface area contributed by atoms with Crippen LogP contribution >= 0.6 is 0 Å². The van der Waals surface area contributed by atoms with Crippen LogP contribution in [0.3, 0.4) is 0 Å². The summed E-state index contributed by atoms with van der Waals surface area (Å²) in [5.74, 6) is -1.42. The van der Waals surface area contributed by atoms with E-state index < -0.39 is 33.7 Å². The lowest BCUT2D eigenvalue weighted by atomic mass is 9.98. The third-order valence-electron chi connectivity index (χ3n) is 5.52. The Labute approximate surface area is 185 Å². The van der Waals surface area contributed by atoms with Crippen molar-refractivity contribution >= 4 is 15.8 Å². The SMILES string of the molecule is CC(=O)C1=C[C@@H](c2cccc(F)c2)N(S(=O)(=O)c2ccc(C)cc2)[C@H]1c1cccc(F)c1. The number of rotatable bonds is 5. The number of carbonyl (C=O) groups is 1. The zero-order valence-corrected chi connectivity index (χ0v) is 18.3. The molecular weight excluding hydrogens is 432 g/mol. The molecule has 2 atom stereocenters. The van der Waals surface area contributed by atoms with Gasteiger partial charge in [-0.15, -0.1) is 0 Å². The smallest absolute Gasteiger partial charge is 0.244 e. The molecular formula is C25H21F2NO3S. The molecule has 7 heteroatoms. The molecule has 3 aromatic carbocycles. The second kappa shape index (κ2) is 8.41. The quantitative estimate of drug-likeness (QED) is 0.529. The van der Waals surface area contributed by atoms with Gasteiger partial charge in [-0.2, -0.15) is 4.31 Å². The second-order valence-corrected chi connectivity index (χ2v) is 9.63. The molecule has 1 aliphatic rings. The van der Waals surface area contributed by atoms with E-state index in [1.54, 1.807) is 24.3 Å². The first-order valence-corrected chi connectivity index (χ1v) is 11.5. The molecule has 0 amide bonds. The van der Waals surface area contributed by atoms with E-state index in [9.17, 15) is 22.0 Å². The van der Waals surface area contributed by atoms with E-state index in [1.807, 2.05) is 6.92 Å². The Morgan fingerprint density at radius 3 is 2.00 bits per heavy atom. The van der Waals surface area contributed by atoms with Crippen LogP contribution in [0.5, 0.6) is 0 Å². The van der Waals surface area contributed by atoms with Gasteiger partial charge in [0.2, 0.25) is 10.0 Å². The van der Waals surface area contributed by atoms with Gasteiger partial charge in [-0.05, 0) is 61.4 Å². The highest BCUT2D eigenvalue weighted by Gasteiger charge is 2.45. The van der Waals surface area contributed by atoms with Gasteiger partial charge < -0.3 is 0 Å². The molecule has 164 valence electrons. The minimum absolute atomic E-state index is 0.0316. The topological polar surface area (TPSA) is 54.5 Å². The molecule has 0 saturated heterocycles. The fraction of sp³-hybridized carbons (Fsp3) is 0.160. The van der Waals surface area contributed by atoms with E-state index in [0.29, 0.717) is 11.1 Å². The van der Waals surface area contributed by atoms with Gasteiger partial charge >= 0.3 is 0 Å². The summed E-state index contributed by atoms with van der Waals surface area (Å²) in [5, 5.41) is 0. The van der Waals surface area contributed by atoms with E-state index >= 15 is 0 Å². The maximum atomic E-state index is 14.1. The first kappa shape index (κ1) is 22.0. The molecule has 0 aromatic heterocycles. The summed E-state index contributed by atoms with van der Waals surface area (Å²) in [6.07, 6.45) is 1.53. The summed E-state index contributed by atoms with van der Waals surface area (Å²) in [7, 11) is -4.16. The molecule has 4 nitrogen and oxygen atoms in total. The van der Waals surface area contributed by atoms with Crippen LogP contribution in [0, 0.1) is 18.6 Å². The minimum atomic E-state index is -4.16. The third-order valence-corrected chi connectivity index (χ3v) is 7.38. The number of benzene rings is 3. The maximum Gasteiger partial charge on any atom is 0.244 e. The summed E-state index contributed by atoms with van der Waals surface area (Å²) < 4.78 is 57.0. The number of carbonyl (C=O) groups excluding carboxylic acids is 1. The lowest BCUT2D eigenvalue weighted by molar-refractivity contribution is -0.114. The normalized spacial score (nSPS) is 19.1. The van der Waals surface area contributed by atoms with E-state index in [-0.39, 0.29) is 16.3 Å². The highest BCUT2D eigenvalue weighted by molar-refractivity contribution is 7.89. The number of nitrogens with zero attached hydrogens (tertiary/aromatic N) is 1. The Hall–Kier alpha value is -3.16. The fourth-order valence-electron chi connectivity index (χ4n) is 4.00. The molecule has 0 fully saturated rings. The first-order valence-electron chi connectivity index (χ1n) is 10.0. The van der Waals surface area contributed by atoms with Gasteiger partial charge in [0.25, 0.3) is 0 Å². The van der Waals surface area contributed by atoms with Crippen molar-refractivity contribution in [2.24, 2.45) is 0 Å². The van der Waals surface area contributed by atoms with Gasteiger partial charge in [0.05, 0.1) is 17.0 Å². The molecule has 0 unspecified atom stereocenters. The van der Waals surface area contributed by atoms with Crippen molar-refractivity contribution in [1.82, 2.24) is 4.31 Å². The Bertz CT molecular complexity index is 1320. The van der Waals surface area contributed by atoms with Crippen LogP contribution in [0.4, 0.5) is 8.78 Å². The number of aryl methyl sites for hydroxylation is 1. The lowest BCUT2D eigenvalue weighted by Crippen LogP contribution is -2.35. The first-order chi connectivity index (χ1) is 15.2. The lowest BCUT2D eigenvalue weighted by Gasteiger charge is -2.31. The van der Waals surface area contributed by atoms with Crippen molar-refractivity contribution in [1.29, 1.82) is 0 Å². The molecule has 0 aliphatic carbocycles. The molecule has 4 rings (SSSR count). The minimum Gasteiger partial charge on any atom is -0.295 e. The Kier molecular flexibility index (Phi) is 5.79. The van der Waals surface area contributed by atoms with Crippen molar-refractivity contribution in [2.45, 2.75) is 30.8 Å². The second-order valence-electron chi connectivity index (χ2n) is 7.78. The summed E-state index contributed by atoms with van der Waals surface area (Å²) in [6, 6.07) is 15.4. The monoisotopic (exact) mass is 453 g/mol. The van der Waals surface area contributed by atoms with Crippen molar-refractivity contribution in [3.05, 3.63) is 113 Å². The molecule has 0 spiro atoms. The number of hydrogen-bond acceptors (Lipinski definition) is 3. The highest BCUT2D eigenvalue weighted by Crippen LogP contribution is 2.47. The fourth-order valence-corrected chi connectivity index (χ4v) is 5.72. The molecule has 32 heavy (non-hydrogen) atoms. The van der Waals surface area contributed by atoms with Gasteiger partial charge in [0.1, 0.15) is 11.6 Å². The third kappa shape index (κ3) is 4.01. The summed E-state index contributed by atoms with van der Waals surface area (Å²) in [5.41, 5.74) is 1.79. The molecule has 0 N–H and O–H groups in total. The number of Topliss-reactive ketones (excluding diaryl/α,β-unsaturated/α-hetero) is 1. The molecule has 3 aromatic rings. The van der Waals surface area contributed by atoms with Gasteiger partial charge in [0.15, 0.2) is 5.78 Å². The highest BCUT2D eigenvalue weighted by atomic mass is 32.2. The van der Waals surface area contributed by atoms with Crippen molar-refractivity contribution in [3.63, 3.8) is 0 Å². The van der Waals surface area contributed by atoms with Crippen LogP contribution in [0.25, 0.3) is 0 Å². The zero-order valence-electron chi connectivity index (χ0n) is 17.5. The molecule has 0 saturated carbocycles. The van der Waals surface area contributed by atoms with Crippen LogP contribution < -0.4 is 0 Å². The molecule has 0 radical (unpaired) electrons. The van der Waals surface area contributed by atoms with Crippen LogP contribution in [0.1, 0.15) is 35.7 Å². The van der Waals surface area contributed by atoms with E-state index in [4.69, 9.17) is 0 Å². The van der Waals surface area contributed by atoms with Crippen molar-refractivity contribution in [3.8, 4) is 0 Å². The van der Waals surface area contributed by atoms with Gasteiger partial charge in [0, 0.05) is 5.57 Å². The Morgan fingerprint density at radius 1 is 0.875 bits per heavy atom. The standard InChI is InChI=1S/C25H21F2NO3S/c1-16-9-11-22(12-10-16)32(30,31)28-24(18-5-3-7-20(26)13-18)15-23(17(2)29)25(28)19-6-4-8-21(27)14-19/h3-15,24-25H,1-2H3/t24-,25-/m0/s1. The summed E-state index contributed by atoms with van der Waals surface area (Å²) in [4.78, 5) is 12.6. The number of halogens is 2. The molecule has 1 aliphatic heterocycles. The van der Waals surface area contributed by atoms with Crippen LogP contribution in [0.2, 0.25) is 0 Å². The Morgan fingerprint density at radius 2 is 1.44 bits per heavy atom. The summed E-state index contributed by atoms with van der Waals surface area (Å²) >= 11 is 0. The van der Waals surface area contributed by atoms with E-state index in [2.05, 4.69) is 0 Å². The average Bonchev–Trinajstić information content (AvgIpc) is 3.16. The van der Waals surface area contributed by atoms with Crippen molar-refractivity contribution in [2.75, 3.05) is 0 Å². The predicted molar refractivity (Wildman–Crippen MR) is 117 cm³/mol. The predicted octanol–water partition coefficient (Wildman–Crippen LogP) is 5.28. The van der Waals surface area contributed by atoms with Crippen molar-refractivity contribution < 1.29 is 22.0 Å². The largest absolute Gasteiger partial charge is 0.295 e. The zero-order chi connectivity index (χ0) is 23.0. The van der Waals surface area contributed by atoms with E-state index in [1.165, 1.54) is 61.5 Å². The maximum absolute atomic E-state index is 14.1. The molecule has 0 bridgehead atoms. The summed E-state index contributed by atoms with van der Waals surface area (Å²) in [6.45, 7) is 3.18. The molecule has 1 heterocycles. The van der Waals surface area contributed by atoms with E-state index in [0.717, 1.165) is 9.87 Å². The van der Waals surface area contributed by atoms with Crippen LogP contribution in [0.15, 0.2) is 89.3 Å². The van der Waals surface area contributed by atoms with Gasteiger partial charge in [-0.25, -0.2) is 17.2 Å². The average molecular weight is 454 g/mol. The van der Waals surface area contributed by atoms with Crippen LogP contribution in [-0.4, -0.2) is 18.5 Å². The Balaban J connectivity index is 1.96. The number of sulfonamides is 1. The number of ketones is 1. The van der Waals surface area contributed by atoms with Gasteiger partial charge in [-0.3, -0.25) is 4.79 Å². The van der Waals surface area contributed by atoms with Crippen LogP contribution in [-0.2, 0) is 14.8 Å².